The largest absolute Gasteiger partial charge is 0.508 e. The van der Waals surface area contributed by atoms with Crippen molar-refractivity contribution in [2.45, 2.75) is 19.4 Å². The summed E-state index contributed by atoms with van der Waals surface area (Å²) >= 11 is 0. The molecule has 2 N–H and O–H groups in total. The number of benzene rings is 1. The van der Waals surface area contributed by atoms with Crippen LogP contribution in [0.4, 0.5) is 0 Å². The van der Waals surface area contributed by atoms with Crippen LogP contribution < -0.4 is 0 Å². The molecule has 0 heterocycles. The highest BCUT2D eigenvalue weighted by Crippen LogP contribution is 2.23. The number of carbonyl (C=O) groups excluding carboxylic acids is 1. The van der Waals surface area contributed by atoms with Crippen molar-refractivity contribution in [1.29, 1.82) is 0 Å². The molecule has 70 valence electrons. The summed E-state index contributed by atoms with van der Waals surface area (Å²) in [5.41, 5.74) is -0.981. The van der Waals surface area contributed by atoms with Gasteiger partial charge in [0.25, 0.3) is 0 Å². The van der Waals surface area contributed by atoms with Crippen molar-refractivity contribution < 1.29 is 15.0 Å². The molecule has 1 unspecified atom stereocenters. The summed E-state index contributed by atoms with van der Waals surface area (Å²) in [7, 11) is 0. The van der Waals surface area contributed by atoms with Gasteiger partial charge in [-0.25, -0.2) is 0 Å². The molecule has 0 aliphatic rings. The van der Waals surface area contributed by atoms with Gasteiger partial charge in [0, 0.05) is 0 Å². The van der Waals surface area contributed by atoms with Gasteiger partial charge in [-0.2, -0.15) is 0 Å². The van der Waals surface area contributed by atoms with Crippen molar-refractivity contribution in [3.8, 4) is 5.75 Å². The molecule has 0 amide bonds. The topological polar surface area (TPSA) is 57.5 Å². The third-order valence-corrected chi connectivity index (χ3v) is 2.11. The second kappa shape index (κ2) is 3.18. The maximum Gasteiger partial charge on any atom is 0.165 e. The second-order valence-corrected chi connectivity index (χ2v) is 3.18. The van der Waals surface area contributed by atoms with Crippen LogP contribution in [-0.4, -0.2) is 16.0 Å². The van der Waals surface area contributed by atoms with E-state index in [1.165, 1.54) is 38.1 Å². The lowest BCUT2D eigenvalue weighted by Crippen LogP contribution is -2.29. The monoisotopic (exact) mass is 180 g/mol. The van der Waals surface area contributed by atoms with E-state index in [2.05, 4.69) is 0 Å². The van der Waals surface area contributed by atoms with Crippen LogP contribution in [0.2, 0.25) is 0 Å². The maximum atomic E-state index is 11.0. The molecule has 0 saturated carbocycles. The summed E-state index contributed by atoms with van der Waals surface area (Å²) < 4.78 is 0. The molecule has 13 heavy (non-hydrogen) atoms. The maximum absolute atomic E-state index is 11.0. The van der Waals surface area contributed by atoms with Crippen molar-refractivity contribution in [1.82, 2.24) is 0 Å². The van der Waals surface area contributed by atoms with Crippen LogP contribution in [0.5, 0.6) is 5.75 Å². The van der Waals surface area contributed by atoms with E-state index in [0.717, 1.165) is 0 Å². The van der Waals surface area contributed by atoms with Crippen molar-refractivity contribution in [2.24, 2.45) is 0 Å². The van der Waals surface area contributed by atoms with E-state index in [4.69, 9.17) is 5.11 Å². The number of carbonyl (C=O) groups is 1. The Kier molecular flexibility index (Phi) is 2.38. The van der Waals surface area contributed by atoms with Crippen LogP contribution in [0.25, 0.3) is 0 Å². The number of rotatable bonds is 2. The lowest BCUT2D eigenvalue weighted by atomic mass is 9.92. The van der Waals surface area contributed by atoms with Gasteiger partial charge in [0.2, 0.25) is 0 Å². The Bertz CT molecular complexity index is 311. The van der Waals surface area contributed by atoms with E-state index in [1.54, 1.807) is 0 Å². The number of phenolic OH excluding ortho intramolecular Hbond substituents is 1. The minimum absolute atomic E-state index is 0.114. The van der Waals surface area contributed by atoms with Crippen LogP contribution in [0.3, 0.4) is 0 Å². The fourth-order valence-electron chi connectivity index (χ4n) is 0.989. The van der Waals surface area contributed by atoms with Crippen LogP contribution >= 0.6 is 0 Å². The molecule has 0 saturated heterocycles. The smallest absolute Gasteiger partial charge is 0.165 e. The summed E-state index contributed by atoms with van der Waals surface area (Å²) in [4.78, 5) is 11.0. The molecule has 1 aromatic carbocycles. The molecule has 3 heteroatoms. The first-order chi connectivity index (χ1) is 5.94. The average Bonchev–Trinajstić information content (AvgIpc) is 2.04. The molecular formula is C10H12O3. The SMILES string of the molecule is CC(=O)C(C)(O)c1ccc(O)cc1. The highest BCUT2D eigenvalue weighted by molar-refractivity contribution is 5.85. The van der Waals surface area contributed by atoms with Crippen molar-refractivity contribution in [3.63, 3.8) is 0 Å². The molecule has 0 fully saturated rings. The number of aliphatic hydroxyl groups is 1. The zero-order valence-corrected chi connectivity index (χ0v) is 7.61. The minimum atomic E-state index is -1.46. The van der Waals surface area contributed by atoms with Crippen LogP contribution in [-0.2, 0) is 10.4 Å². The molecule has 1 rings (SSSR count). The van der Waals surface area contributed by atoms with Gasteiger partial charge in [-0.05, 0) is 31.5 Å². The Labute approximate surface area is 76.6 Å². The number of hydrogen-bond acceptors (Lipinski definition) is 3. The summed E-state index contributed by atoms with van der Waals surface area (Å²) in [5.74, 6) is -0.207. The Balaban J connectivity index is 3.08. The summed E-state index contributed by atoms with van der Waals surface area (Å²) in [6, 6.07) is 5.92. The lowest BCUT2D eigenvalue weighted by Gasteiger charge is -2.19. The first-order valence-electron chi connectivity index (χ1n) is 3.97. The van der Waals surface area contributed by atoms with Crippen LogP contribution in [0.15, 0.2) is 24.3 Å². The van der Waals surface area contributed by atoms with Gasteiger partial charge in [-0.3, -0.25) is 4.79 Å². The zero-order chi connectivity index (χ0) is 10.1. The fraction of sp³-hybridized carbons (Fsp3) is 0.300. The van der Waals surface area contributed by atoms with Crippen molar-refractivity contribution in [3.05, 3.63) is 29.8 Å². The Morgan fingerprint density at radius 3 is 2.15 bits per heavy atom. The van der Waals surface area contributed by atoms with Gasteiger partial charge in [-0.15, -0.1) is 0 Å². The number of Topliss-reactive ketones (excluding diaryl/α,β-unsaturated/α-hetero) is 1. The van der Waals surface area contributed by atoms with E-state index < -0.39 is 5.60 Å². The summed E-state index contributed by atoms with van der Waals surface area (Å²) in [5, 5.41) is 18.7. The summed E-state index contributed by atoms with van der Waals surface area (Å²) in [6.45, 7) is 2.76. The Morgan fingerprint density at radius 1 is 1.31 bits per heavy atom. The molecule has 0 spiro atoms. The Morgan fingerprint density at radius 2 is 1.77 bits per heavy atom. The van der Waals surface area contributed by atoms with E-state index >= 15 is 0 Å². The third-order valence-electron chi connectivity index (χ3n) is 2.11. The first-order valence-corrected chi connectivity index (χ1v) is 3.97. The van der Waals surface area contributed by atoms with Crippen molar-refractivity contribution in [2.75, 3.05) is 0 Å². The Hall–Kier alpha value is -1.35. The minimum Gasteiger partial charge on any atom is -0.508 e. The molecule has 0 aliphatic carbocycles. The van der Waals surface area contributed by atoms with E-state index in [9.17, 15) is 9.90 Å². The predicted octanol–water partition coefficient (Wildman–Crippen LogP) is 1.19. The van der Waals surface area contributed by atoms with Crippen LogP contribution in [0, 0.1) is 0 Å². The predicted molar refractivity (Wildman–Crippen MR) is 48.4 cm³/mol. The molecular weight excluding hydrogens is 168 g/mol. The van der Waals surface area contributed by atoms with Gasteiger partial charge in [0.1, 0.15) is 11.4 Å². The van der Waals surface area contributed by atoms with Crippen LogP contribution in [0.1, 0.15) is 19.4 Å². The number of phenols is 1. The molecule has 1 aromatic rings. The van der Waals surface area contributed by atoms with E-state index in [-0.39, 0.29) is 11.5 Å². The fourth-order valence-corrected chi connectivity index (χ4v) is 0.989. The highest BCUT2D eigenvalue weighted by atomic mass is 16.3. The molecule has 3 nitrogen and oxygen atoms in total. The quantitative estimate of drug-likeness (QED) is 0.718. The first kappa shape index (κ1) is 9.74. The molecule has 0 bridgehead atoms. The van der Waals surface area contributed by atoms with Gasteiger partial charge in [0.15, 0.2) is 5.78 Å². The van der Waals surface area contributed by atoms with E-state index in [1.807, 2.05) is 0 Å². The number of hydrogen-bond donors (Lipinski definition) is 2. The average molecular weight is 180 g/mol. The molecule has 0 radical (unpaired) electrons. The number of ketones is 1. The second-order valence-electron chi connectivity index (χ2n) is 3.18. The van der Waals surface area contributed by atoms with E-state index in [0.29, 0.717) is 5.56 Å². The van der Waals surface area contributed by atoms with Gasteiger partial charge in [-0.1, -0.05) is 12.1 Å². The molecule has 1 atom stereocenters. The molecule has 0 aromatic heterocycles. The van der Waals surface area contributed by atoms with Crippen molar-refractivity contribution >= 4 is 5.78 Å². The van der Waals surface area contributed by atoms with Gasteiger partial charge < -0.3 is 10.2 Å². The van der Waals surface area contributed by atoms with Gasteiger partial charge in [0.05, 0.1) is 0 Å². The number of aromatic hydroxyl groups is 1. The van der Waals surface area contributed by atoms with Gasteiger partial charge >= 0.3 is 0 Å². The molecule has 0 aliphatic heterocycles. The zero-order valence-electron chi connectivity index (χ0n) is 7.61. The highest BCUT2D eigenvalue weighted by Gasteiger charge is 2.28. The standard InChI is InChI=1S/C10H12O3/c1-7(11)10(2,13)8-3-5-9(12)6-4-8/h3-6,12-13H,1-2H3. The summed E-state index contributed by atoms with van der Waals surface area (Å²) in [6.07, 6.45) is 0. The lowest BCUT2D eigenvalue weighted by molar-refractivity contribution is -0.134. The third kappa shape index (κ3) is 1.87. The normalized spacial score (nSPS) is 15.0.